The van der Waals surface area contributed by atoms with Gasteiger partial charge < -0.3 is 4.57 Å². The van der Waals surface area contributed by atoms with Crippen molar-refractivity contribution in [1.29, 1.82) is 0 Å². The van der Waals surface area contributed by atoms with Gasteiger partial charge >= 0.3 is 0 Å². The maximum atomic E-state index is 10.9. The number of hydrogen-bond acceptors (Lipinski definition) is 2. The third-order valence-corrected chi connectivity index (χ3v) is 3.43. The van der Waals surface area contributed by atoms with Crippen molar-refractivity contribution in [2.24, 2.45) is 5.92 Å². The first-order valence-corrected chi connectivity index (χ1v) is 6.89. The lowest BCUT2D eigenvalue weighted by atomic mass is 9.94. The van der Waals surface area contributed by atoms with Gasteiger partial charge in [0.05, 0.1) is 0 Å². The number of fused-ring (bicyclic) bond motifs is 1. The highest BCUT2D eigenvalue weighted by Crippen LogP contribution is 2.23. The maximum Gasteiger partial charge on any atom is 0.214 e. The van der Waals surface area contributed by atoms with Crippen LogP contribution < -0.4 is 5.46 Å². The summed E-state index contributed by atoms with van der Waals surface area (Å²) in [5.41, 5.74) is 2.79. The molecule has 1 heterocycles. The van der Waals surface area contributed by atoms with E-state index in [1.54, 1.807) is 6.92 Å². The highest BCUT2D eigenvalue weighted by atomic mass is 16.6. The molecule has 1 aromatic heterocycles. The van der Waals surface area contributed by atoms with Crippen molar-refractivity contribution in [2.75, 3.05) is 0 Å². The molecule has 1 atom stereocenters. The summed E-state index contributed by atoms with van der Waals surface area (Å²) in [4.78, 5) is 10.6. The molecule has 1 aromatic carbocycles. The van der Waals surface area contributed by atoms with Crippen LogP contribution in [0.5, 0.6) is 0 Å². The Hall–Kier alpha value is -1.78. The summed E-state index contributed by atoms with van der Waals surface area (Å²) in [6, 6.07) is 5.18. The summed E-state index contributed by atoms with van der Waals surface area (Å²) < 4.78 is 2.15. The van der Waals surface area contributed by atoms with Crippen LogP contribution in [-0.4, -0.2) is 23.4 Å². The zero-order chi connectivity index (χ0) is 14.9. The smallest absolute Gasteiger partial charge is 0.214 e. The summed E-state index contributed by atoms with van der Waals surface area (Å²) in [5, 5.41) is 11.9. The first kappa shape index (κ1) is 14.6. The first-order valence-electron chi connectivity index (χ1n) is 6.89. The minimum absolute atomic E-state index is 0.233. The fraction of sp³-hybridized carbons (Fsp3) is 0.467. The molecule has 5 heteroatoms. The second-order valence-corrected chi connectivity index (χ2v) is 5.82. The van der Waals surface area contributed by atoms with Crippen molar-refractivity contribution < 1.29 is 4.92 Å². The van der Waals surface area contributed by atoms with Crippen LogP contribution in [0.2, 0.25) is 0 Å². The molecule has 1 unspecified atom stereocenters. The lowest BCUT2D eigenvalue weighted by Gasteiger charge is -2.08. The molecule has 0 N–H and O–H groups in total. The molecule has 2 radical (unpaired) electrons. The van der Waals surface area contributed by atoms with Crippen molar-refractivity contribution >= 4 is 24.2 Å². The average molecular weight is 270 g/mol. The van der Waals surface area contributed by atoms with E-state index < -0.39 is 6.04 Å². The van der Waals surface area contributed by atoms with Crippen molar-refractivity contribution in [2.45, 2.75) is 39.8 Å². The molecule has 20 heavy (non-hydrogen) atoms. The third-order valence-electron chi connectivity index (χ3n) is 3.43. The molecule has 2 aromatic rings. The monoisotopic (exact) mass is 270 g/mol. The van der Waals surface area contributed by atoms with Gasteiger partial charge in [0.2, 0.25) is 6.04 Å². The fourth-order valence-electron chi connectivity index (χ4n) is 2.48. The van der Waals surface area contributed by atoms with Crippen molar-refractivity contribution in [3.8, 4) is 0 Å². The van der Waals surface area contributed by atoms with Gasteiger partial charge in [0.15, 0.2) is 0 Å². The molecule has 0 saturated carbocycles. The second-order valence-electron chi connectivity index (χ2n) is 5.82. The Kier molecular flexibility index (Phi) is 4.16. The Morgan fingerprint density at radius 3 is 2.65 bits per heavy atom. The quantitative estimate of drug-likeness (QED) is 0.475. The van der Waals surface area contributed by atoms with Gasteiger partial charge in [0.25, 0.3) is 0 Å². The van der Waals surface area contributed by atoms with E-state index in [1.165, 1.54) is 0 Å². The molecule has 2 rings (SSSR count). The molecular formula is C15H19BN2O2. The normalized spacial score (nSPS) is 13.0. The van der Waals surface area contributed by atoms with E-state index in [0.717, 1.165) is 28.5 Å². The average Bonchev–Trinajstić information content (AvgIpc) is 2.66. The molecule has 0 aliphatic carbocycles. The van der Waals surface area contributed by atoms with E-state index >= 15 is 0 Å². The van der Waals surface area contributed by atoms with Gasteiger partial charge in [0, 0.05) is 41.9 Å². The van der Waals surface area contributed by atoms with Crippen LogP contribution in [0.3, 0.4) is 0 Å². The van der Waals surface area contributed by atoms with Crippen molar-refractivity contribution in [3.05, 3.63) is 40.1 Å². The highest BCUT2D eigenvalue weighted by molar-refractivity contribution is 6.33. The second kappa shape index (κ2) is 5.69. The van der Waals surface area contributed by atoms with Crippen LogP contribution in [0.1, 0.15) is 26.3 Å². The van der Waals surface area contributed by atoms with Crippen LogP contribution in [-0.2, 0) is 13.0 Å². The van der Waals surface area contributed by atoms with Gasteiger partial charge in [0.1, 0.15) is 7.85 Å². The number of nitrogens with zero attached hydrogens (tertiary/aromatic N) is 2. The Morgan fingerprint density at radius 1 is 1.35 bits per heavy atom. The Bertz CT molecular complexity index is 634. The van der Waals surface area contributed by atoms with Crippen molar-refractivity contribution in [3.63, 3.8) is 0 Å². The van der Waals surface area contributed by atoms with Crippen molar-refractivity contribution in [1.82, 2.24) is 4.57 Å². The summed E-state index contributed by atoms with van der Waals surface area (Å²) in [5.74, 6) is 0.507. The maximum absolute atomic E-state index is 10.9. The van der Waals surface area contributed by atoms with Crippen LogP contribution >= 0.6 is 0 Å². The number of benzene rings is 1. The zero-order valence-electron chi connectivity index (χ0n) is 12.2. The van der Waals surface area contributed by atoms with Crippen LogP contribution in [0.4, 0.5) is 0 Å². The fourth-order valence-corrected chi connectivity index (χ4v) is 2.48. The lowest BCUT2D eigenvalue weighted by Crippen LogP contribution is -2.17. The van der Waals surface area contributed by atoms with Gasteiger partial charge in [-0.1, -0.05) is 31.4 Å². The number of rotatable bonds is 5. The highest BCUT2D eigenvalue weighted by Gasteiger charge is 2.18. The van der Waals surface area contributed by atoms with Crippen LogP contribution in [0.15, 0.2) is 24.4 Å². The molecule has 4 nitrogen and oxygen atoms in total. The summed E-state index contributed by atoms with van der Waals surface area (Å²) in [6.45, 7) is 6.82. The molecule has 0 amide bonds. The number of aromatic nitrogens is 1. The molecule has 0 fully saturated rings. The third kappa shape index (κ3) is 3.03. The molecule has 104 valence electrons. The minimum atomic E-state index is -0.578. The van der Waals surface area contributed by atoms with Gasteiger partial charge in [-0.15, -0.1) is 0 Å². The van der Waals surface area contributed by atoms with E-state index in [0.29, 0.717) is 12.3 Å². The standard InChI is InChI=1S/C15H19BN2O2/c1-10(2)8-17-9-12(6-11(3)18(19)20)14-5-4-13(16)7-15(14)17/h4-5,7,9-11H,6,8H2,1-3H3. The van der Waals surface area contributed by atoms with Gasteiger partial charge in [-0.2, -0.15) is 0 Å². The van der Waals surface area contributed by atoms with E-state index in [1.807, 2.05) is 24.4 Å². The van der Waals surface area contributed by atoms with E-state index in [-0.39, 0.29) is 4.92 Å². The molecular weight excluding hydrogens is 251 g/mol. The molecule has 0 bridgehead atoms. The predicted octanol–water partition coefficient (Wildman–Crippen LogP) is 2.30. The first-order chi connectivity index (χ1) is 9.38. The SMILES string of the molecule is [B]c1ccc2c(CC(C)[N+](=O)[O-])cn(CC(C)C)c2c1. The lowest BCUT2D eigenvalue weighted by molar-refractivity contribution is -0.517. The molecule has 0 spiro atoms. The van der Waals surface area contributed by atoms with E-state index in [2.05, 4.69) is 18.4 Å². The molecule has 0 saturated heterocycles. The molecule has 0 aliphatic rings. The van der Waals surface area contributed by atoms with E-state index in [9.17, 15) is 10.1 Å². The summed E-state index contributed by atoms with van der Waals surface area (Å²) >= 11 is 0. The number of nitro groups is 1. The minimum Gasteiger partial charge on any atom is -0.347 e. The molecule has 0 aliphatic heterocycles. The van der Waals surface area contributed by atoms with Gasteiger partial charge in [-0.25, -0.2) is 0 Å². The largest absolute Gasteiger partial charge is 0.347 e. The van der Waals surface area contributed by atoms with Crippen LogP contribution in [0.25, 0.3) is 10.9 Å². The Morgan fingerprint density at radius 2 is 2.05 bits per heavy atom. The Labute approximate surface area is 120 Å². The zero-order valence-corrected chi connectivity index (χ0v) is 12.2. The van der Waals surface area contributed by atoms with Crippen LogP contribution in [0, 0.1) is 16.0 Å². The predicted molar refractivity (Wildman–Crippen MR) is 82.3 cm³/mol. The van der Waals surface area contributed by atoms with Gasteiger partial charge in [-0.05, 0) is 17.5 Å². The topological polar surface area (TPSA) is 48.1 Å². The summed E-state index contributed by atoms with van der Waals surface area (Å²) in [7, 11) is 5.86. The number of hydrogen-bond donors (Lipinski definition) is 0. The summed E-state index contributed by atoms with van der Waals surface area (Å²) in [6.07, 6.45) is 2.47. The van der Waals surface area contributed by atoms with E-state index in [4.69, 9.17) is 7.85 Å². The Balaban J connectivity index is 2.47. The van der Waals surface area contributed by atoms with Gasteiger partial charge in [-0.3, -0.25) is 10.1 Å².